The number of halogens is 2. The van der Waals surface area contributed by atoms with Gasteiger partial charge in [-0.2, -0.15) is 0 Å². The Labute approximate surface area is 94.6 Å². The van der Waals surface area contributed by atoms with Crippen LogP contribution in [0.3, 0.4) is 0 Å². The molecule has 0 aromatic heterocycles. The van der Waals surface area contributed by atoms with E-state index in [9.17, 15) is 4.39 Å². The van der Waals surface area contributed by atoms with E-state index in [1.54, 1.807) is 6.07 Å². The fourth-order valence-electron chi connectivity index (χ4n) is 2.04. The zero-order valence-corrected chi connectivity index (χ0v) is 9.52. The molecule has 82 valence electrons. The van der Waals surface area contributed by atoms with Crippen LogP contribution in [0.4, 0.5) is 4.39 Å². The van der Waals surface area contributed by atoms with Crippen LogP contribution in [0.5, 0.6) is 0 Å². The second kappa shape index (κ2) is 4.50. The molecule has 1 saturated heterocycles. The first-order valence-electron chi connectivity index (χ1n) is 5.32. The fourth-order valence-corrected chi connectivity index (χ4v) is 2.39. The van der Waals surface area contributed by atoms with Crippen LogP contribution in [-0.2, 0) is 0 Å². The van der Waals surface area contributed by atoms with Crippen LogP contribution in [0, 0.1) is 0 Å². The lowest BCUT2D eigenvalue weighted by Crippen LogP contribution is -2.08. The molecule has 1 N–H and O–H groups in total. The Morgan fingerprint density at radius 3 is 2.87 bits per heavy atom. The van der Waals surface area contributed by atoms with Gasteiger partial charge in [0.2, 0.25) is 0 Å². The summed E-state index contributed by atoms with van der Waals surface area (Å²) in [6.45, 7) is 3.55. The van der Waals surface area contributed by atoms with E-state index in [1.807, 2.05) is 12.1 Å². The van der Waals surface area contributed by atoms with Gasteiger partial charge in [0.25, 0.3) is 0 Å². The molecular formula is C12H15ClFN. The molecule has 1 heterocycles. The smallest absolute Gasteiger partial charge is 0.122 e. The third kappa shape index (κ3) is 2.32. The summed E-state index contributed by atoms with van der Waals surface area (Å²) >= 11 is 6.16. The summed E-state index contributed by atoms with van der Waals surface area (Å²) in [5, 5.41) is 4.00. The maximum absolute atomic E-state index is 13.1. The molecule has 1 nitrogen and oxygen atoms in total. The molecule has 0 amide bonds. The van der Waals surface area contributed by atoms with Crippen LogP contribution in [0.25, 0.3) is 0 Å². The Balaban J connectivity index is 2.25. The van der Waals surface area contributed by atoms with Crippen LogP contribution in [0.2, 0.25) is 5.02 Å². The number of hydrogen-bond acceptors (Lipinski definition) is 1. The van der Waals surface area contributed by atoms with Gasteiger partial charge in [-0.15, -0.1) is 0 Å². The van der Waals surface area contributed by atoms with Gasteiger partial charge in [-0.1, -0.05) is 23.7 Å². The molecule has 0 spiro atoms. The average Bonchev–Trinajstić information content (AvgIpc) is 2.70. The second-order valence-electron chi connectivity index (χ2n) is 4.09. The van der Waals surface area contributed by atoms with Gasteiger partial charge in [0, 0.05) is 11.6 Å². The summed E-state index contributed by atoms with van der Waals surface area (Å²) in [6, 6.07) is 5.55. The summed E-state index contributed by atoms with van der Waals surface area (Å²) in [5.41, 5.74) is 1.81. The molecule has 1 aromatic rings. The molecule has 0 aliphatic carbocycles. The molecule has 1 aliphatic rings. The molecule has 0 saturated carbocycles. The zero-order valence-electron chi connectivity index (χ0n) is 8.76. The number of hydrogen-bond donors (Lipinski definition) is 1. The maximum atomic E-state index is 13.1. The van der Waals surface area contributed by atoms with E-state index in [0.29, 0.717) is 16.5 Å². The Hall–Kier alpha value is -0.600. The molecule has 1 fully saturated rings. The molecule has 2 rings (SSSR count). The standard InChI is InChI=1S/C12H15ClFN/c1-8(14)9-2-3-11(12(13)6-9)10-4-5-15-7-10/h2-3,6,8,10,15H,4-5,7H2,1H3. The van der Waals surface area contributed by atoms with Crippen molar-refractivity contribution in [1.29, 1.82) is 0 Å². The molecule has 1 aliphatic heterocycles. The minimum Gasteiger partial charge on any atom is -0.316 e. The van der Waals surface area contributed by atoms with E-state index in [4.69, 9.17) is 11.6 Å². The third-order valence-electron chi connectivity index (χ3n) is 2.98. The Morgan fingerprint density at radius 1 is 1.53 bits per heavy atom. The lowest BCUT2D eigenvalue weighted by atomic mass is 9.96. The third-order valence-corrected chi connectivity index (χ3v) is 3.31. The minimum absolute atomic E-state index is 0.487. The summed E-state index contributed by atoms with van der Waals surface area (Å²) in [4.78, 5) is 0. The number of benzene rings is 1. The molecule has 15 heavy (non-hydrogen) atoms. The first-order chi connectivity index (χ1) is 7.18. The molecular weight excluding hydrogens is 213 g/mol. The molecule has 2 atom stereocenters. The van der Waals surface area contributed by atoms with Gasteiger partial charge < -0.3 is 5.32 Å². The summed E-state index contributed by atoms with van der Waals surface area (Å²) in [5.74, 6) is 0.487. The first kappa shape index (κ1) is 10.9. The highest BCUT2D eigenvalue weighted by Crippen LogP contribution is 2.31. The normalized spacial score (nSPS) is 23.0. The van der Waals surface area contributed by atoms with Crippen molar-refractivity contribution in [1.82, 2.24) is 5.32 Å². The average molecular weight is 228 g/mol. The van der Waals surface area contributed by atoms with E-state index in [0.717, 1.165) is 25.1 Å². The Bertz CT molecular complexity index is 345. The summed E-state index contributed by atoms with van der Waals surface area (Å²) in [6.07, 6.45) is 0.169. The topological polar surface area (TPSA) is 12.0 Å². The Morgan fingerprint density at radius 2 is 2.33 bits per heavy atom. The van der Waals surface area contributed by atoms with Crippen molar-refractivity contribution in [3.8, 4) is 0 Å². The van der Waals surface area contributed by atoms with Crippen molar-refractivity contribution in [2.24, 2.45) is 0 Å². The van der Waals surface area contributed by atoms with Crippen molar-refractivity contribution in [3.05, 3.63) is 34.3 Å². The molecule has 0 radical (unpaired) electrons. The van der Waals surface area contributed by atoms with Crippen LogP contribution in [0.1, 0.15) is 36.6 Å². The lowest BCUT2D eigenvalue weighted by Gasteiger charge is -2.12. The summed E-state index contributed by atoms with van der Waals surface area (Å²) in [7, 11) is 0. The van der Waals surface area contributed by atoms with Gasteiger partial charge in [-0.25, -0.2) is 4.39 Å². The van der Waals surface area contributed by atoms with Crippen LogP contribution >= 0.6 is 11.6 Å². The highest BCUT2D eigenvalue weighted by atomic mass is 35.5. The number of rotatable bonds is 2. The van der Waals surface area contributed by atoms with Gasteiger partial charge in [0.1, 0.15) is 6.17 Å². The van der Waals surface area contributed by atoms with Crippen LogP contribution in [0.15, 0.2) is 18.2 Å². The highest BCUT2D eigenvalue weighted by molar-refractivity contribution is 6.31. The molecule has 3 heteroatoms. The molecule has 1 aromatic carbocycles. The van der Waals surface area contributed by atoms with Crippen molar-refractivity contribution in [2.75, 3.05) is 13.1 Å². The van der Waals surface area contributed by atoms with E-state index in [2.05, 4.69) is 5.32 Å². The van der Waals surface area contributed by atoms with Crippen LogP contribution < -0.4 is 5.32 Å². The van der Waals surface area contributed by atoms with Gasteiger partial charge in [-0.3, -0.25) is 0 Å². The Kier molecular flexibility index (Phi) is 3.27. The molecule has 2 unspecified atom stereocenters. The number of nitrogens with one attached hydrogen (secondary N) is 1. The minimum atomic E-state index is -0.946. The monoisotopic (exact) mass is 227 g/mol. The van der Waals surface area contributed by atoms with Crippen molar-refractivity contribution in [2.45, 2.75) is 25.4 Å². The maximum Gasteiger partial charge on any atom is 0.122 e. The van der Waals surface area contributed by atoms with Gasteiger partial charge in [0.15, 0.2) is 0 Å². The number of alkyl halides is 1. The van der Waals surface area contributed by atoms with E-state index < -0.39 is 6.17 Å². The molecule has 0 bridgehead atoms. The van der Waals surface area contributed by atoms with Crippen molar-refractivity contribution < 1.29 is 4.39 Å². The largest absolute Gasteiger partial charge is 0.316 e. The van der Waals surface area contributed by atoms with Gasteiger partial charge in [-0.05, 0) is 43.0 Å². The van der Waals surface area contributed by atoms with Gasteiger partial charge >= 0.3 is 0 Å². The zero-order chi connectivity index (χ0) is 10.8. The van der Waals surface area contributed by atoms with E-state index in [1.165, 1.54) is 6.92 Å². The van der Waals surface area contributed by atoms with Crippen molar-refractivity contribution in [3.63, 3.8) is 0 Å². The lowest BCUT2D eigenvalue weighted by molar-refractivity contribution is 0.374. The summed E-state index contributed by atoms with van der Waals surface area (Å²) < 4.78 is 13.1. The fraction of sp³-hybridized carbons (Fsp3) is 0.500. The first-order valence-corrected chi connectivity index (χ1v) is 5.70. The van der Waals surface area contributed by atoms with Crippen LogP contribution in [-0.4, -0.2) is 13.1 Å². The predicted molar refractivity (Wildman–Crippen MR) is 61.2 cm³/mol. The van der Waals surface area contributed by atoms with Gasteiger partial charge in [0.05, 0.1) is 0 Å². The second-order valence-corrected chi connectivity index (χ2v) is 4.49. The van der Waals surface area contributed by atoms with Crippen molar-refractivity contribution >= 4 is 11.6 Å². The quantitative estimate of drug-likeness (QED) is 0.816. The van der Waals surface area contributed by atoms with E-state index in [-0.39, 0.29) is 0 Å². The highest BCUT2D eigenvalue weighted by Gasteiger charge is 2.19. The SMILES string of the molecule is CC(F)c1ccc(C2CCNC2)c(Cl)c1. The van der Waals surface area contributed by atoms with E-state index >= 15 is 0 Å². The predicted octanol–water partition coefficient (Wildman–Crippen LogP) is 3.45.